The summed E-state index contributed by atoms with van der Waals surface area (Å²) >= 11 is 0. The number of hydrogen-bond acceptors (Lipinski definition) is 4. The van der Waals surface area contributed by atoms with E-state index in [4.69, 9.17) is 5.11 Å². The summed E-state index contributed by atoms with van der Waals surface area (Å²) in [5, 5.41) is 8.12. The summed E-state index contributed by atoms with van der Waals surface area (Å²) in [4.78, 5) is 31.2. The predicted octanol–water partition coefficient (Wildman–Crippen LogP) is 0.497. The lowest BCUT2D eigenvalue weighted by molar-refractivity contribution is -0.156. The Kier molecular flexibility index (Phi) is 5.18. The first kappa shape index (κ1) is 11.4. The van der Waals surface area contributed by atoms with E-state index >= 15 is 0 Å². The zero-order valence-electron chi connectivity index (χ0n) is 7.15. The maximum atomic E-state index is 10.7. The lowest BCUT2D eigenvalue weighted by Crippen LogP contribution is -2.09. The minimum absolute atomic E-state index is 0.145. The number of carbonyl (C=O) groups is 3. The predicted molar refractivity (Wildman–Crippen MR) is 42.8 cm³/mol. The van der Waals surface area contributed by atoms with Gasteiger partial charge in [0.05, 0.1) is 0 Å². The molecule has 0 amide bonds. The van der Waals surface area contributed by atoms with Gasteiger partial charge in [0.15, 0.2) is 0 Å². The molecule has 0 aromatic heterocycles. The van der Waals surface area contributed by atoms with Gasteiger partial charge in [-0.3, -0.25) is 4.79 Å². The molecule has 72 valence electrons. The van der Waals surface area contributed by atoms with Crippen LogP contribution in [0.1, 0.15) is 19.8 Å². The van der Waals surface area contributed by atoms with Crippen LogP contribution < -0.4 is 0 Å². The van der Waals surface area contributed by atoms with Crippen molar-refractivity contribution in [3.63, 3.8) is 0 Å². The van der Waals surface area contributed by atoms with E-state index in [1.165, 1.54) is 0 Å². The average molecular weight is 186 g/mol. The van der Waals surface area contributed by atoms with E-state index in [0.717, 1.165) is 0 Å². The Labute approximate surface area is 75.0 Å². The molecule has 0 aromatic rings. The highest BCUT2D eigenvalue weighted by atomic mass is 16.6. The molecule has 0 radical (unpaired) electrons. The SMILES string of the molecule is CCCC(=O)OC(=O)C=CC(=O)O. The number of hydrogen-bond donors (Lipinski definition) is 1. The number of aliphatic carboxylic acids is 1. The summed E-state index contributed by atoms with van der Waals surface area (Å²) in [6.45, 7) is 1.76. The molecule has 5 nitrogen and oxygen atoms in total. The highest BCUT2D eigenvalue weighted by molar-refractivity contribution is 5.95. The largest absolute Gasteiger partial charge is 0.478 e. The molecule has 0 spiro atoms. The Morgan fingerprint density at radius 2 is 1.92 bits per heavy atom. The number of rotatable bonds is 4. The molecule has 0 atom stereocenters. The maximum Gasteiger partial charge on any atom is 0.338 e. The highest BCUT2D eigenvalue weighted by Gasteiger charge is 2.05. The minimum atomic E-state index is -1.26. The third kappa shape index (κ3) is 6.74. The summed E-state index contributed by atoms with van der Waals surface area (Å²) in [6.07, 6.45) is 2.03. The van der Waals surface area contributed by atoms with Gasteiger partial charge >= 0.3 is 17.9 Å². The number of ether oxygens (including phenoxy) is 1. The lowest BCUT2D eigenvalue weighted by Gasteiger charge is -1.96. The number of carboxylic acid groups (broad SMARTS) is 1. The van der Waals surface area contributed by atoms with Crippen LogP contribution in [0.15, 0.2) is 12.2 Å². The maximum absolute atomic E-state index is 10.7. The molecular formula is C8H10O5. The zero-order chi connectivity index (χ0) is 10.3. The van der Waals surface area contributed by atoms with Gasteiger partial charge in [0.2, 0.25) is 0 Å². The highest BCUT2D eigenvalue weighted by Crippen LogP contribution is 1.92. The second kappa shape index (κ2) is 5.93. The van der Waals surface area contributed by atoms with Crippen molar-refractivity contribution in [1.82, 2.24) is 0 Å². The Balaban J connectivity index is 3.87. The van der Waals surface area contributed by atoms with E-state index < -0.39 is 17.9 Å². The monoisotopic (exact) mass is 186 g/mol. The smallest absolute Gasteiger partial charge is 0.338 e. The standard InChI is InChI=1S/C8H10O5/c1-2-3-7(11)13-8(12)5-4-6(9)10/h4-5H,2-3H2,1H3,(H,9,10). The molecule has 0 saturated heterocycles. The van der Waals surface area contributed by atoms with Crippen LogP contribution in [0.4, 0.5) is 0 Å². The first-order valence-corrected chi connectivity index (χ1v) is 3.72. The molecular weight excluding hydrogens is 176 g/mol. The van der Waals surface area contributed by atoms with Crippen molar-refractivity contribution in [3.05, 3.63) is 12.2 Å². The van der Waals surface area contributed by atoms with Crippen molar-refractivity contribution in [2.24, 2.45) is 0 Å². The summed E-state index contributed by atoms with van der Waals surface area (Å²) in [7, 11) is 0. The molecule has 1 N–H and O–H groups in total. The summed E-state index contributed by atoms with van der Waals surface area (Å²) in [5.41, 5.74) is 0. The van der Waals surface area contributed by atoms with Crippen molar-refractivity contribution >= 4 is 17.9 Å². The second-order valence-corrected chi connectivity index (χ2v) is 2.21. The van der Waals surface area contributed by atoms with Gasteiger partial charge in [-0.1, -0.05) is 6.92 Å². The van der Waals surface area contributed by atoms with Gasteiger partial charge in [0, 0.05) is 18.6 Å². The van der Waals surface area contributed by atoms with Crippen molar-refractivity contribution in [2.75, 3.05) is 0 Å². The molecule has 13 heavy (non-hydrogen) atoms. The Morgan fingerprint density at radius 3 is 2.38 bits per heavy atom. The van der Waals surface area contributed by atoms with Crippen LogP contribution in [0.3, 0.4) is 0 Å². The minimum Gasteiger partial charge on any atom is -0.478 e. The molecule has 0 fully saturated rings. The first-order chi connectivity index (χ1) is 6.06. The Hall–Kier alpha value is -1.65. The molecule has 0 aliphatic carbocycles. The van der Waals surface area contributed by atoms with Crippen molar-refractivity contribution < 1.29 is 24.2 Å². The normalized spacial score (nSPS) is 9.92. The van der Waals surface area contributed by atoms with Crippen LogP contribution in [0.5, 0.6) is 0 Å². The molecule has 0 aliphatic heterocycles. The molecule has 0 aliphatic rings. The van der Waals surface area contributed by atoms with E-state index in [1.807, 2.05) is 0 Å². The summed E-state index contributed by atoms with van der Waals surface area (Å²) in [6, 6.07) is 0. The molecule has 0 saturated carbocycles. The number of carbonyl (C=O) groups excluding carboxylic acids is 2. The van der Waals surface area contributed by atoms with Gasteiger partial charge in [0.1, 0.15) is 0 Å². The molecule has 0 bridgehead atoms. The fraction of sp³-hybridized carbons (Fsp3) is 0.375. The topological polar surface area (TPSA) is 80.7 Å². The van der Waals surface area contributed by atoms with Crippen LogP contribution >= 0.6 is 0 Å². The number of esters is 2. The molecule has 5 heteroatoms. The fourth-order valence-corrected chi connectivity index (χ4v) is 0.541. The zero-order valence-corrected chi connectivity index (χ0v) is 7.15. The van der Waals surface area contributed by atoms with Crippen molar-refractivity contribution in [3.8, 4) is 0 Å². The second-order valence-electron chi connectivity index (χ2n) is 2.21. The third-order valence-corrected chi connectivity index (χ3v) is 1.03. The fourth-order valence-electron chi connectivity index (χ4n) is 0.541. The van der Waals surface area contributed by atoms with Gasteiger partial charge in [0.25, 0.3) is 0 Å². The summed E-state index contributed by atoms with van der Waals surface area (Å²) in [5.74, 6) is -2.87. The van der Waals surface area contributed by atoms with Gasteiger partial charge in [-0.2, -0.15) is 0 Å². The average Bonchev–Trinajstić information content (AvgIpc) is 2.01. The van der Waals surface area contributed by atoms with Crippen molar-refractivity contribution in [1.29, 1.82) is 0 Å². The number of carboxylic acids is 1. The van der Waals surface area contributed by atoms with E-state index in [9.17, 15) is 14.4 Å². The van der Waals surface area contributed by atoms with E-state index in [2.05, 4.69) is 4.74 Å². The molecule has 0 heterocycles. The molecule has 0 aromatic carbocycles. The van der Waals surface area contributed by atoms with Crippen LogP contribution in [-0.4, -0.2) is 23.0 Å². The third-order valence-electron chi connectivity index (χ3n) is 1.03. The first-order valence-electron chi connectivity index (χ1n) is 3.72. The van der Waals surface area contributed by atoms with Crippen molar-refractivity contribution in [2.45, 2.75) is 19.8 Å². The van der Waals surface area contributed by atoms with Crippen LogP contribution in [0.2, 0.25) is 0 Å². The van der Waals surface area contributed by atoms with Crippen LogP contribution in [0.25, 0.3) is 0 Å². The quantitative estimate of drug-likeness (QED) is 0.392. The van der Waals surface area contributed by atoms with E-state index in [1.54, 1.807) is 6.92 Å². The van der Waals surface area contributed by atoms with Crippen LogP contribution in [0, 0.1) is 0 Å². The van der Waals surface area contributed by atoms with Gasteiger partial charge in [-0.05, 0) is 6.42 Å². The van der Waals surface area contributed by atoms with Gasteiger partial charge in [-0.15, -0.1) is 0 Å². The summed E-state index contributed by atoms with van der Waals surface area (Å²) < 4.78 is 4.21. The van der Waals surface area contributed by atoms with E-state index in [-0.39, 0.29) is 6.42 Å². The van der Waals surface area contributed by atoms with Gasteiger partial charge < -0.3 is 9.84 Å². The van der Waals surface area contributed by atoms with E-state index in [0.29, 0.717) is 18.6 Å². The van der Waals surface area contributed by atoms with Crippen LogP contribution in [-0.2, 0) is 19.1 Å². The lowest BCUT2D eigenvalue weighted by atomic mass is 10.3. The Morgan fingerprint density at radius 1 is 1.31 bits per heavy atom. The Bertz CT molecular complexity index is 241. The van der Waals surface area contributed by atoms with Gasteiger partial charge in [-0.25, -0.2) is 9.59 Å². The molecule has 0 unspecified atom stereocenters. The molecule has 0 rings (SSSR count).